The number of anilines is 1. The summed E-state index contributed by atoms with van der Waals surface area (Å²) in [6.45, 7) is 2.82. The van der Waals surface area contributed by atoms with E-state index in [9.17, 15) is 13.2 Å². The Labute approximate surface area is 112 Å². The maximum Gasteiger partial charge on any atom is 0.418 e. The summed E-state index contributed by atoms with van der Waals surface area (Å²) in [6.07, 6.45) is -3.47. The fourth-order valence-corrected chi connectivity index (χ4v) is 2.46. The van der Waals surface area contributed by atoms with Gasteiger partial charge in [0, 0.05) is 29.8 Å². The topological polar surface area (TPSA) is 15.3 Å². The Morgan fingerprint density at radius 2 is 1.94 bits per heavy atom. The maximum absolute atomic E-state index is 13.0. The van der Waals surface area contributed by atoms with Gasteiger partial charge < -0.3 is 10.2 Å². The molecule has 1 saturated heterocycles. The monoisotopic (exact) mass is 322 g/mol. The molecule has 0 aromatic heterocycles. The first kappa shape index (κ1) is 13.7. The van der Waals surface area contributed by atoms with Gasteiger partial charge in [0.05, 0.1) is 5.56 Å². The van der Waals surface area contributed by atoms with Crippen LogP contribution < -0.4 is 10.2 Å². The van der Waals surface area contributed by atoms with Crippen molar-refractivity contribution in [1.29, 1.82) is 0 Å². The van der Waals surface area contributed by atoms with Crippen molar-refractivity contribution < 1.29 is 13.2 Å². The number of hydrogen-bond acceptors (Lipinski definition) is 2. The zero-order valence-electron chi connectivity index (χ0n) is 9.73. The highest BCUT2D eigenvalue weighted by atomic mass is 79.9. The van der Waals surface area contributed by atoms with Crippen LogP contribution in [0.4, 0.5) is 18.9 Å². The average molecular weight is 323 g/mol. The molecule has 0 unspecified atom stereocenters. The van der Waals surface area contributed by atoms with E-state index in [0.717, 1.165) is 19.0 Å². The summed E-state index contributed by atoms with van der Waals surface area (Å²) in [4.78, 5) is 1.80. The van der Waals surface area contributed by atoms with Crippen LogP contribution in [0.25, 0.3) is 0 Å². The van der Waals surface area contributed by atoms with Crippen molar-refractivity contribution in [3.8, 4) is 0 Å². The minimum atomic E-state index is -4.32. The van der Waals surface area contributed by atoms with Crippen molar-refractivity contribution in [1.82, 2.24) is 5.32 Å². The molecule has 1 N–H and O–H groups in total. The van der Waals surface area contributed by atoms with Gasteiger partial charge in [0.2, 0.25) is 0 Å². The molecule has 1 aliphatic heterocycles. The van der Waals surface area contributed by atoms with E-state index < -0.39 is 11.7 Å². The van der Waals surface area contributed by atoms with Crippen molar-refractivity contribution in [3.05, 3.63) is 28.2 Å². The third-order valence-corrected chi connectivity index (χ3v) is 3.44. The molecule has 0 atom stereocenters. The SMILES string of the molecule is FC(F)(F)c1cc(Br)ccc1N1CCCNCC1. The van der Waals surface area contributed by atoms with Crippen molar-refractivity contribution in [2.24, 2.45) is 0 Å². The Morgan fingerprint density at radius 3 is 2.67 bits per heavy atom. The van der Waals surface area contributed by atoms with Gasteiger partial charge in [0.25, 0.3) is 0 Å². The van der Waals surface area contributed by atoms with E-state index in [0.29, 0.717) is 24.1 Å². The summed E-state index contributed by atoms with van der Waals surface area (Å²) < 4.78 is 39.5. The first-order valence-corrected chi connectivity index (χ1v) is 6.60. The van der Waals surface area contributed by atoms with Gasteiger partial charge in [-0.3, -0.25) is 0 Å². The number of alkyl halides is 3. The van der Waals surface area contributed by atoms with E-state index >= 15 is 0 Å². The molecular weight excluding hydrogens is 309 g/mol. The molecule has 2 nitrogen and oxygen atoms in total. The Morgan fingerprint density at radius 1 is 1.17 bits per heavy atom. The number of benzene rings is 1. The molecule has 0 saturated carbocycles. The fourth-order valence-electron chi connectivity index (χ4n) is 2.10. The highest BCUT2D eigenvalue weighted by Gasteiger charge is 2.35. The van der Waals surface area contributed by atoms with E-state index in [-0.39, 0.29) is 5.69 Å². The van der Waals surface area contributed by atoms with Gasteiger partial charge in [-0.25, -0.2) is 0 Å². The van der Waals surface area contributed by atoms with Crippen LogP contribution in [-0.2, 0) is 6.18 Å². The minimum Gasteiger partial charge on any atom is -0.370 e. The highest BCUT2D eigenvalue weighted by molar-refractivity contribution is 9.10. The summed E-state index contributed by atoms with van der Waals surface area (Å²) in [5, 5.41) is 3.18. The second-order valence-electron chi connectivity index (χ2n) is 4.25. The highest BCUT2D eigenvalue weighted by Crippen LogP contribution is 2.38. The fraction of sp³-hybridized carbons (Fsp3) is 0.500. The zero-order valence-corrected chi connectivity index (χ0v) is 11.3. The van der Waals surface area contributed by atoms with Crippen LogP contribution in [0.15, 0.2) is 22.7 Å². The lowest BCUT2D eigenvalue weighted by molar-refractivity contribution is -0.137. The number of hydrogen-bond donors (Lipinski definition) is 1. The molecule has 100 valence electrons. The summed E-state index contributed by atoms with van der Waals surface area (Å²) in [5.41, 5.74) is -0.298. The molecule has 0 radical (unpaired) electrons. The number of rotatable bonds is 1. The molecule has 1 aromatic carbocycles. The van der Waals surface area contributed by atoms with Crippen molar-refractivity contribution >= 4 is 21.6 Å². The average Bonchev–Trinajstić information content (AvgIpc) is 2.56. The third-order valence-electron chi connectivity index (χ3n) is 2.94. The van der Waals surface area contributed by atoms with Gasteiger partial charge in [-0.1, -0.05) is 15.9 Å². The first-order valence-electron chi connectivity index (χ1n) is 5.81. The Bertz CT molecular complexity index is 412. The van der Waals surface area contributed by atoms with E-state index in [1.54, 1.807) is 11.0 Å². The molecule has 0 bridgehead atoms. The quantitative estimate of drug-likeness (QED) is 0.853. The summed E-state index contributed by atoms with van der Waals surface area (Å²) in [6, 6.07) is 4.34. The molecule has 6 heteroatoms. The number of nitrogens with one attached hydrogen (secondary N) is 1. The largest absolute Gasteiger partial charge is 0.418 e. The van der Waals surface area contributed by atoms with Crippen molar-refractivity contribution in [2.45, 2.75) is 12.6 Å². The maximum atomic E-state index is 13.0. The number of nitrogens with zero attached hydrogens (tertiary/aromatic N) is 1. The van der Waals surface area contributed by atoms with Gasteiger partial charge in [0.15, 0.2) is 0 Å². The van der Waals surface area contributed by atoms with Gasteiger partial charge in [-0.2, -0.15) is 13.2 Å². The minimum absolute atomic E-state index is 0.273. The van der Waals surface area contributed by atoms with Crippen LogP contribution in [0.1, 0.15) is 12.0 Å². The number of halogens is 4. The summed E-state index contributed by atoms with van der Waals surface area (Å²) in [7, 11) is 0. The van der Waals surface area contributed by atoms with Crippen LogP contribution in [0.2, 0.25) is 0 Å². The lowest BCUT2D eigenvalue weighted by atomic mass is 10.1. The molecule has 1 heterocycles. The van der Waals surface area contributed by atoms with Crippen LogP contribution in [0.3, 0.4) is 0 Å². The van der Waals surface area contributed by atoms with Gasteiger partial charge in [-0.05, 0) is 31.2 Å². The Kier molecular flexibility index (Phi) is 4.17. The van der Waals surface area contributed by atoms with Gasteiger partial charge in [-0.15, -0.1) is 0 Å². The molecule has 1 aliphatic rings. The van der Waals surface area contributed by atoms with E-state index in [4.69, 9.17) is 0 Å². The van der Waals surface area contributed by atoms with E-state index in [2.05, 4.69) is 21.2 Å². The normalized spacial score (nSPS) is 17.7. The third kappa shape index (κ3) is 3.17. The smallest absolute Gasteiger partial charge is 0.370 e. The molecule has 1 fully saturated rings. The Balaban J connectivity index is 2.36. The van der Waals surface area contributed by atoms with Gasteiger partial charge in [0.1, 0.15) is 0 Å². The lowest BCUT2D eigenvalue weighted by Crippen LogP contribution is -2.29. The summed E-state index contributed by atoms with van der Waals surface area (Å²) >= 11 is 3.10. The van der Waals surface area contributed by atoms with E-state index in [1.807, 2.05) is 0 Å². The van der Waals surface area contributed by atoms with Crippen LogP contribution in [-0.4, -0.2) is 26.2 Å². The predicted octanol–water partition coefficient (Wildman–Crippen LogP) is 3.27. The van der Waals surface area contributed by atoms with Crippen LogP contribution in [0.5, 0.6) is 0 Å². The van der Waals surface area contributed by atoms with Crippen molar-refractivity contribution in [3.63, 3.8) is 0 Å². The van der Waals surface area contributed by atoms with E-state index in [1.165, 1.54) is 6.07 Å². The molecule has 2 rings (SSSR count). The molecule has 1 aromatic rings. The standard InChI is InChI=1S/C12H14BrF3N2/c13-9-2-3-11(10(8-9)12(14,15)16)18-6-1-4-17-5-7-18/h2-3,8,17H,1,4-7H2. The molecule has 0 amide bonds. The van der Waals surface area contributed by atoms with Crippen LogP contribution >= 0.6 is 15.9 Å². The molecular formula is C12H14BrF3N2. The predicted molar refractivity (Wildman–Crippen MR) is 68.8 cm³/mol. The zero-order chi connectivity index (χ0) is 13.2. The second kappa shape index (κ2) is 5.48. The first-order chi connectivity index (χ1) is 8.48. The molecule has 0 aliphatic carbocycles. The van der Waals surface area contributed by atoms with Crippen LogP contribution in [0, 0.1) is 0 Å². The van der Waals surface area contributed by atoms with Crippen molar-refractivity contribution in [2.75, 3.05) is 31.1 Å². The van der Waals surface area contributed by atoms with Gasteiger partial charge >= 0.3 is 6.18 Å². The molecule has 18 heavy (non-hydrogen) atoms. The molecule has 0 spiro atoms. The Hall–Kier alpha value is -0.750. The lowest BCUT2D eigenvalue weighted by Gasteiger charge is -2.26. The summed E-state index contributed by atoms with van der Waals surface area (Å²) in [5.74, 6) is 0. The second-order valence-corrected chi connectivity index (χ2v) is 5.17.